The molecule has 1 aromatic heterocycles. The summed E-state index contributed by atoms with van der Waals surface area (Å²) in [5.74, 6) is -0.212. The summed E-state index contributed by atoms with van der Waals surface area (Å²) in [7, 11) is 1.64. The molecular weight excluding hydrogens is 380 g/mol. The largest absolute Gasteiger partial charge is 0.449 e. The lowest BCUT2D eigenvalue weighted by atomic mass is 10.1. The second kappa shape index (κ2) is 9.26. The number of carbonyl (C=O) groups excluding carboxylic acids is 2. The number of nitrogens with one attached hydrogen (secondary N) is 1. The smallest absolute Gasteiger partial charge is 0.413 e. The molecule has 0 atom stereocenters. The average molecular weight is 406 g/mol. The first kappa shape index (κ1) is 21.1. The van der Waals surface area contributed by atoms with E-state index in [0.717, 1.165) is 11.3 Å². The van der Waals surface area contributed by atoms with E-state index in [9.17, 15) is 9.59 Å². The fourth-order valence-electron chi connectivity index (χ4n) is 3.22. The summed E-state index contributed by atoms with van der Waals surface area (Å²) in [5.41, 5.74) is 4.49. The van der Waals surface area contributed by atoms with Crippen LogP contribution in [0, 0.1) is 13.8 Å². The topological polar surface area (TPSA) is 76.5 Å². The fraction of sp³-hybridized carbons (Fsp3) is 0.261. The third-order valence-corrected chi connectivity index (χ3v) is 4.84. The highest BCUT2D eigenvalue weighted by atomic mass is 16.6. The van der Waals surface area contributed by atoms with Crippen LogP contribution < -0.4 is 10.2 Å². The summed E-state index contributed by atoms with van der Waals surface area (Å²) in [4.78, 5) is 26.1. The molecule has 30 heavy (non-hydrogen) atoms. The third kappa shape index (κ3) is 4.68. The van der Waals surface area contributed by atoms with Gasteiger partial charge in [0, 0.05) is 24.1 Å². The summed E-state index contributed by atoms with van der Waals surface area (Å²) in [5, 5.41) is 7.45. The summed E-state index contributed by atoms with van der Waals surface area (Å²) in [6.45, 7) is 6.41. The second-order valence-corrected chi connectivity index (χ2v) is 6.95. The van der Waals surface area contributed by atoms with Crippen LogP contribution in [0.2, 0.25) is 0 Å². The van der Waals surface area contributed by atoms with Crippen molar-refractivity contribution in [2.24, 2.45) is 0 Å². The highest BCUT2D eigenvalue weighted by molar-refractivity contribution is 6.06. The molecular formula is C23H26N4O3. The predicted molar refractivity (Wildman–Crippen MR) is 117 cm³/mol. The van der Waals surface area contributed by atoms with Gasteiger partial charge >= 0.3 is 6.09 Å². The number of hydrogen-bond acceptors (Lipinski definition) is 4. The van der Waals surface area contributed by atoms with E-state index in [2.05, 4.69) is 10.4 Å². The molecule has 0 saturated carbocycles. The Hall–Kier alpha value is -3.61. The van der Waals surface area contributed by atoms with Crippen LogP contribution >= 0.6 is 0 Å². The zero-order valence-corrected chi connectivity index (χ0v) is 17.7. The Kier molecular flexibility index (Phi) is 6.51. The lowest BCUT2D eigenvalue weighted by molar-refractivity contribution is 0.102. The van der Waals surface area contributed by atoms with Gasteiger partial charge in [-0.25, -0.2) is 4.79 Å². The highest BCUT2D eigenvalue weighted by Crippen LogP contribution is 2.20. The Morgan fingerprint density at radius 3 is 2.37 bits per heavy atom. The van der Waals surface area contributed by atoms with Crippen molar-refractivity contribution in [3.05, 3.63) is 77.1 Å². The van der Waals surface area contributed by atoms with Crippen LogP contribution in [0.5, 0.6) is 0 Å². The highest BCUT2D eigenvalue weighted by Gasteiger charge is 2.19. The van der Waals surface area contributed by atoms with Gasteiger partial charge in [-0.1, -0.05) is 30.3 Å². The molecule has 0 bridgehead atoms. The minimum absolute atomic E-state index is 0.212. The molecule has 2 aromatic carbocycles. The normalized spacial score (nSPS) is 10.5. The molecule has 0 fully saturated rings. The maximum absolute atomic E-state index is 12.9. The van der Waals surface area contributed by atoms with Crippen molar-refractivity contribution in [3.63, 3.8) is 0 Å². The van der Waals surface area contributed by atoms with E-state index in [1.165, 1.54) is 4.90 Å². The maximum atomic E-state index is 12.9. The number of ether oxygens (including phenoxy) is 1. The minimum Gasteiger partial charge on any atom is -0.449 e. The Morgan fingerprint density at radius 1 is 1.07 bits per heavy atom. The molecule has 0 spiro atoms. The van der Waals surface area contributed by atoms with Crippen LogP contribution in [0.15, 0.2) is 54.6 Å². The van der Waals surface area contributed by atoms with E-state index >= 15 is 0 Å². The van der Waals surface area contributed by atoms with Crippen LogP contribution in [0.3, 0.4) is 0 Å². The van der Waals surface area contributed by atoms with Gasteiger partial charge in [0.2, 0.25) is 0 Å². The van der Waals surface area contributed by atoms with Crippen molar-refractivity contribution in [3.8, 4) is 0 Å². The van der Waals surface area contributed by atoms with Crippen molar-refractivity contribution in [2.75, 3.05) is 23.9 Å². The van der Waals surface area contributed by atoms with Crippen molar-refractivity contribution < 1.29 is 14.3 Å². The standard InChI is InChI=1S/C23H26N4O3/c1-5-30-23(29)26(4)20-13-11-19(12-14-20)24-22(28)21-16(2)25-27(17(21)3)15-18-9-7-6-8-10-18/h6-14H,5,15H2,1-4H3,(H,24,28). The number of nitrogens with zero attached hydrogens (tertiary/aromatic N) is 3. The molecule has 0 saturated heterocycles. The van der Waals surface area contributed by atoms with Crippen molar-refractivity contribution >= 4 is 23.4 Å². The lowest BCUT2D eigenvalue weighted by Gasteiger charge is -2.17. The number of anilines is 2. The monoisotopic (exact) mass is 406 g/mol. The Morgan fingerprint density at radius 2 is 1.73 bits per heavy atom. The van der Waals surface area contributed by atoms with Crippen LogP contribution in [0.1, 0.15) is 34.2 Å². The van der Waals surface area contributed by atoms with Gasteiger partial charge in [0.1, 0.15) is 0 Å². The van der Waals surface area contributed by atoms with Gasteiger partial charge in [-0.3, -0.25) is 14.4 Å². The van der Waals surface area contributed by atoms with E-state index in [1.54, 1.807) is 38.2 Å². The molecule has 0 radical (unpaired) electrons. The van der Waals surface area contributed by atoms with E-state index in [-0.39, 0.29) is 5.91 Å². The average Bonchev–Trinajstić information content (AvgIpc) is 3.02. The van der Waals surface area contributed by atoms with Gasteiger partial charge < -0.3 is 10.1 Å². The van der Waals surface area contributed by atoms with Crippen LogP contribution in [-0.4, -0.2) is 35.4 Å². The number of carbonyl (C=O) groups is 2. The van der Waals surface area contributed by atoms with Gasteiger partial charge in [-0.2, -0.15) is 5.10 Å². The Labute approximate surface area is 176 Å². The fourth-order valence-corrected chi connectivity index (χ4v) is 3.22. The molecule has 0 aliphatic carbocycles. The predicted octanol–water partition coefficient (Wildman–Crippen LogP) is 4.39. The zero-order valence-electron chi connectivity index (χ0n) is 17.7. The van der Waals surface area contributed by atoms with E-state index in [1.807, 2.05) is 48.9 Å². The van der Waals surface area contributed by atoms with Crippen LogP contribution in [0.4, 0.5) is 16.2 Å². The summed E-state index contributed by atoms with van der Waals surface area (Å²) < 4.78 is 6.83. The number of aromatic nitrogens is 2. The SMILES string of the molecule is CCOC(=O)N(C)c1ccc(NC(=O)c2c(C)nn(Cc3ccccc3)c2C)cc1. The first-order valence-electron chi connectivity index (χ1n) is 9.80. The van der Waals surface area contributed by atoms with E-state index in [4.69, 9.17) is 4.74 Å². The quantitative estimate of drug-likeness (QED) is 0.659. The molecule has 0 aliphatic rings. The number of rotatable bonds is 6. The Balaban J connectivity index is 1.72. The lowest BCUT2D eigenvalue weighted by Crippen LogP contribution is -2.26. The van der Waals surface area contributed by atoms with Crippen molar-refractivity contribution in [1.82, 2.24) is 9.78 Å². The first-order chi connectivity index (χ1) is 14.4. The molecule has 7 heteroatoms. The maximum Gasteiger partial charge on any atom is 0.413 e. The van der Waals surface area contributed by atoms with Crippen LogP contribution in [-0.2, 0) is 11.3 Å². The molecule has 3 rings (SSSR count). The van der Waals surface area contributed by atoms with Gasteiger partial charge in [0.15, 0.2) is 0 Å². The molecule has 7 nitrogen and oxygen atoms in total. The summed E-state index contributed by atoms with van der Waals surface area (Å²) >= 11 is 0. The first-order valence-corrected chi connectivity index (χ1v) is 9.80. The van der Waals surface area contributed by atoms with Crippen molar-refractivity contribution in [1.29, 1.82) is 0 Å². The Bertz CT molecular complexity index is 1030. The van der Waals surface area contributed by atoms with Crippen LogP contribution in [0.25, 0.3) is 0 Å². The molecule has 156 valence electrons. The second-order valence-electron chi connectivity index (χ2n) is 6.95. The summed E-state index contributed by atoms with van der Waals surface area (Å²) in [6.07, 6.45) is -0.425. The van der Waals surface area contributed by atoms with Gasteiger partial charge in [0.25, 0.3) is 5.91 Å². The van der Waals surface area contributed by atoms with E-state index < -0.39 is 6.09 Å². The minimum atomic E-state index is -0.425. The molecule has 0 unspecified atom stereocenters. The van der Waals surface area contributed by atoms with E-state index in [0.29, 0.717) is 35.8 Å². The molecule has 1 heterocycles. The number of amides is 2. The zero-order chi connectivity index (χ0) is 21.7. The third-order valence-electron chi connectivity index (χ3n) is 4.84. The number of aryl methyl sites for hydroxylation is 1. The van der Waals surface area contributed by atoms with Gasteiger partial charge in [-0.05, 0) is 50.6 Å². The summed E-state index contributed by atoms with van der Waals surface area (Å²) in [6, 6.07) is 17.0. The molecule has 3 aromatic rings. The number of hydrogen-bond donors (Lipinski definition) is 1. The molecule has 2 amide bonds. The molecule has 1 N–H and O–H groups in total. The molecule has 0 aliphatic heterocycles. The van der Waals surface area contributed by atoms with Gasteiger partial charge in [-0.15, -0.1) is 0 Å². The number of benzene rings is 2. The van der Waals surface area contributed by atoms with Gasteiger partial charge in [0.05, 0.1) is 24.4 Å². The van der Waals surface area contributed by atoms with Crippen molar-refractivity contribution in [2.45, 2.75) is 27.3 Å².